The van der Waals surface area contributed by atoms with Gasteiger partial charge in [-0.3, -0.25) is 44.8 Å². The number of halogens is 2. The number of nitrogens with one attached hydrogen (secondary N) is 1. The summed E-state index contributed by atoms with van der Waals surface area (Å²) >= 11 is 12.7. The standard InChI is InChI=1S/C42H36Cl2N6O11/c1-46(2)37-32(49(56)57)16-22(17-33(37)50(58)59)47-38(52)26-12-11-25-27(35(26)40(47)54)19-29-39(53)48(45-31-13-7-21(43)15-30(31)44)41(55)42(29,20-5-8-23(60-3)9-6-20)36(25)28-18-24(61-4)10-14-34(28)51/h5-11,13-18,26-27,29,35-36,45,51H,12,19H2,1-4H3/t26-,27+,29-,35-,36+,42+/m0/s1. The van der Waals surface area contributed by atoms with Crippen LogP contribution in [0.4, 0.5) is 28.4 Å². The van der Waals surface area contributed by atoms with Crippen molar-refractivity contribution in [2.24, 2.45) is 23.7 Å². The summed E-state index contributed by atoms with van der Waals surface area (Å²) < 4.78 is 11.0. The molecule has 6 atom stereocenters. The zero-order valence-electron chi connectivity index (χ0n) is 32.8. The number of amides is 4. The highest BCUT2D eigenvalue weighted by Crippen LogP contribution is 2.65. The van der Waals surface area contributed by atoms with Crippen LogP contribution in [0.5, 0.6) is 17.2 Å². The lowest BCUT2D eigenvalue weighted by Gasteiger charge is -2.50. The second-order valence-corrected chi connectivity index (χ2v) is 16.2. The van der Waals surface area contributed by atoms with Crippen LogP contribution in [-0.2, 0) is 24.6 Å². The molecule has 4 aliphatic rings. The molecule has 2 saturated heterocycles. The summed E-state index contributed by atoms with van der Waals surface area (Å²) in [4.78, 5) is 84.7. The molecule has 2 aliphatic heterocycles. The van der Waals surface area contributed by atoms with E-state index >= 15 is 9.59 Å². The van der Waals surface area contributed by atoms with Crippen LogP contribution in [0, 0.1) is 43.9 Å². The number of phenolic OH excluding ortho intramolecular Hbond substituents is 1. The highest BCUT2D eigenvalue weighted by molar-refractivity contribution is 6.36. The summed E-state index contributed by atoms with van der Waals surface area (Å²) in [5.74, 6) is -7.97. The molecule has 314 valence electrons. The lowest BCUT2D eigenvalue weighted by molar-refractivity contribution is -0.392. The van der Waals surface area contributed by atoms with Gasteiger partial charge in [-0.25, -0.2) is 4.90 Å². The van der Waals surface area contributed by atoms with Crippen molar-refractivity contribution in [3.05, 3.63) is 126 Å². The Morgan fingerprint density at radius 1 is 0.836 bits per heavy atom. The van der Waals surface area contributed by atoms with E-state index in [1.165, 1.54) is 63.5 Å². The number of carbonyl (C=O) groups is 4. The minimum absolute atomic E-state index is 0.0490. The van der Waals surface area contributed by atoms with Crippen molar-refractivity contribution in [1.82, 2.24) is 5.01 Å². The van der Waals surface area contributed by atoms with Crippen LogP contribution in [-0.4, -0.2) is 71.9 Å². The van der Waals surface area contributed by atoms with Gasteiger partial charge in [-0.1, -0.05) is 47.0 Å². The molecule has 3 fully saturated rings. The lowest BCUT2D eigenvalue weighted by atomic mass is 9.49. The van der Waals surface area contributed by atoms with Gasteiger partial charge in [-0.2, -0.15) is 5.01 Å². The summed E-state index contributed by atoms with van der Waals surface area (Å²) in [7, 11) is 5.69. The van der Waals surface area contributed by atoms with Crippen LogP contribution < -0.4 is 24.7 Å². The summed E-state index contributed by atoms with van der Waals surface area (Å²) in [5.41, 5.74) is 0.268. The van der Waals surface area contributed by atoms with Gasteiger partial charge in [0.15, 0.2) is 5.69 Å². The molecule has 0 aromatic heterocycles. The lowest BCUT2D eigenvalue weighted by Crippen LogP contribution is -2.53. The van der Waals surface area contributed by atoms with Gasteiger partial charge in [0.1, 0.15) is 17.2 Å². The number of hydrogen-bond acceptors (Lipinski definition) is 13. The maximum absolute atomic E-state index is 15.5. The van der Waals surface area contributed by atoms with Crippen LogP contribution >= 0.6 is 23.2 Å². The molecule has 0 bridgehead atoms. The summed E-state index contributed by atoms with van der Waals surface area (Å²) in [6.07, 6.45) is 1.55. The fourth-order valence-corrected chi connectivity index (χ4v) is 10.2. The molecule has 2 N–H and O–H groups in total. The zero-order valence-corrected chi connectivity index (χ0v) is 34.3. The van der Waals surface area contributed by atoms with Crippen LogP contribution in [0.2, 0.25) is 10.0 Å². The number of benzene rings is 4. The van der Waals surface area contributed by atoms with Crippen LogP contribution in [0.15, 0.2) is 84.4 Å². The topological polar surface area (TPSA) is 215 Å². The third kappa shape index (κ3) is 6.20. The average molecular weight is 872 g/mol. The number of fused-ring (bicyclic) bond motifs is 4. The molecule has 4 aromatic rings. The monoisotopic (exact) mass is 870 g/mol. The number of carbonyl (C=O) groups excluding carboxylic acids is 4. The predicted molar refractivity (Wildman–Crippen MR) is 222 cm³/mol. The summed E-state index contributed by atoms with van der Waals surface area (Å²) in [6, 6.07) is 17.5. The summed E-state index contributed by atoms with van der Waals surface area (Å²) in [6.45, 7) is 0. The molecule has 19 heteroatoms. The Morgan fingerprint density at radius 2 is 1.48 bits per heavy atom. The second kappa shape index (κ2) is 15.1. The summed E-state index contributed by atoms with van der Waals surface area (Å²) in [5, 5.41) is 37.6. The predicted octanol–water partition coefficient (Wildman–Crippen LogP) is 6.79. The van der Waals surface area contributed by atoms with E-state index in [0.29, 0.717) is 27.7 Å². The first-order chi connectivity index (χ1) is 29.0. The van der Waals surface area contributed by atoms with Crippen molar-refractivity contribution in [3.8, 4) is 17.2 Å². The largest absolute Gasteiger partial charge is 0.508 e. The Morgan fingerprint density at radius 3 is 2.07 bits per heavy atom. The van der Waals surface area contributed by atoms with E-state index in [-0.39, 0.29) is 46.2 Å². The number of hydrazine groups is 1. The fourth-order valence-electron chi connectivity index (χ4n) is 9.79. The maximum Gasteiger partial charge on any atom is 0.301 e. The first-order valence-corrected chi connectivity index (χ1v) is 19.6. The highest BCUT2D eigenvalue weighted by Gasteiger charge is 2.71. The van der Waals surface area contributed by atoms with E-state index in [2.05, 4.69) is 5.43 Å². The number of methoxy groups -OCH3 is 2. The molecule has 4 amide bonds. The molecular formula is C42H36Cl2N6O11. The minimum atomic E-state index is -1.80. The number of nitrogens with zero attached hydrogens (tertiary/aromatic N) is 5. The molecule has 8 rings (SSSR count). The van der Waals surface area contributed by atoms with E-state index in [4.69, 9.17) is 32.7 Å². The third-order valence-corrected chi connectivity index (χ3v) is 12.8. The quantitative estimate of drug-likeness (QED) is 0.0728. The highest BCUT2D eigenvalue weighted by atomic mass is 35.5. The Labute approximate surface area is 357 Å². The number of anilines is 3. The van der Waals surface area contributed by atoms with Crippen molar-refractivity contribution in [2.75, 3.05) is 43.5 Å². The molecule has 4 aromatic carbocycles. The van der Waals surface area contributed by atoms with Gasteiger partial charge < -0.3 is 19.5 Å². The van der Waals surface area contributed by atoms with E-state index in [0.717, 1.165) is 22.0 Å². The molecule has 1 saturated carbocycles. The average Bonchev–Trinajstić information content (AvgIpc) is 3.61. The van der Waals surface area contributed by atoms with Crippen molar-refractivity contribution < 1.29 is 43.6 Å². The van der Waals surface area contributed by atoms with Gasteiger partial charge >= 0.3 is 11.4 Å². The Balaban J connectivity index is 1.33. The van der Waals surface area contributed by atoms with E-state index in [9.17, 15) is 34.9 Å². The second-order valence-electron chi connectivity index (χ2n) is 15.4. The number of aromatic hydroxyl groups is 1. The third-order valence-electron chi connectivity index (χ3n) is 12.3. The van der Waals surface area contributed by atoms with E-state index < -0.39 is 79.9 Å². The number of rotatable bonds is 10. The molecule has 61 heavy (non-hydrogen) atoms. The maximum atomic E-state index is 15.5. The number of ether oxygens (including phenoxy) is 2. The number of allylic oxidation sites excluding steroid dienone is 2. The van der Waals surface area contributed by atoms with Crippen molar-refractivity contribution >= 4 is 75.3 Å². The smallest absolute Gasteiger partial charge is 0.301 e. The normalized spacial score (nSPS) is 24.2. The van der Waals surface area contributed by atoms with Gasteiger partial charge in [-0.05, 0) is 72.9 Å². The van der Waals surface area contributed by atoms with Crippen molar-refractivity contribution in [1.29, 1.82) is 0 Å². The first kappa shape index (κ1) is 41.0. The number of nitro groups is 2. The van der Waals surface area contributed by atoms with Crippen molar-refractivity contribution in [2.45, 2.75) is 24.2 Å². The SMILES string of the molecule is COc1ccc([C@@]23C(=O)N(Nc4ccc(Cl)cc4Cl)C(=O)[C@@H]2C[C@@H]2C(=CC[C@@H]4C(=O)N(c5cc([N+](=O)[O-])c(N(C)C)c([N+](=O)[O-])c5)C(=O)[C@@H]42)[C@@H]3c2cc(OC)ccc2O)cc1. The molecule has 0 unspecified atom stereocenters. The van der Waals surface area contributed by atoms with Crippen LogP contribution in [0.25, 0.3) is 0 Å². The van der Waals surface area contributed by atoms with Gasteiger partial charge in [0.2, 0.25) is 11.8 Å². The zero-order chi connectivity index (χ0) is 43.8. The molecule has 0 radical (unpaired) electrons. The fraction of sp³-hybridized carbons (Fsp3) is 0.286. The van der Waals surface area contributed by atoms with E-state index in [1.54, 1.807) is 36.4 Å². The van der Waals surface area contributed by atoms with Crippen LogP contribution in [0.3, 0.4) is 0 Å². The van der Waals surface area contributed by atoms with Gasteiger partial charge in [0.25, 0.3) is 11.8 Å². The number of imide groups is 2. The van der Waals surface area contributed by atoms with E-state index in [1.807, 2.05) is 0 Å². The molecule has 2 aliphatic carbocycles. The number of phenols is 1. The Bertz CT molecular complexity index is 2590. The Hall–Kier alpha value is -6.72. The van der Waals surface area contributed by atoms with Crippen molar-refractivity contribution in [3.63, 3.8) is 0 Å². The van der Waals surface area contributed by atoms with Gasteiger partial charge in [-0.15, -0.1) is 0 Å². The van der Waals surface area contributed by atoms with Crippen LogP contribution in [0.1, 0.15) is 29.9 Å². The van der Waals surface area contributed by atoms with Gasteiger partial charge in [0, 0.05) is 42.7 Å². The minimum Gasteiger partial charge on any atom is -0.508 e. The molecule has 0 spiro atoms. The number of hydrogen-bond donors (Lipinski definition) is 2. The first-order valence-electron chi connectivity index (χ1n) is 18.9. The van der Waals surface area contributed by atoms with Gasteiger partial charge in [0.05, 0.1) is 63.6 Å². The molecular weight excluding hydrogens is 835 g/mol. The number of nitro benzene ring substituents is 2. The Kier molecular flexibility index (Phi) is 10.1. The molecule has 2 heterocycles. The molecule has 17 nitrogen and oxygen atoms in total.